The molecule has 0 aromatic heterocycles. The van der Waals surface area contributed by atoms with Crippen LogP contribution in [-0.4, -0.2) is 4.70 Å². The number of carbonyl (C=O) groups excluding carboxylic acids is 1. The Morgan fingerprint density at radius 2 is 1.50 bits per heavy atom. The average Bonchev–Trinajstić information content (AvgIpc) is 1.84. The molecule has 1 saturated carbocycles. The van der Waals surface area contributed by atoms with Crippen LogP contribution in [-0.2, 0) is 0 Å². The van der Waals surface area contributed by atoms with E-state index in [1.807, 2.05) is 0 Å². The zero-order valence-corrected chi connectivity index (χ0v) is 9.16. The van der Waals surface area contributed by atoms with Gasteiger partial charge in [-0.2, -0.15) is 0 Å². The van der Waals surface area contributed by atoms with E-state index in [2.05, 4.69) is 37.0 Å². The maximum atomic E-state index is 8.98. The van der Waals surface area contributed by atoms with Gasteiger partial charge in [-0.3, -0.25) is 4.79 Å². The third-order valence-electron chi connectivity index (χ3n) is 2.20. The Morgan fingerprint density at radius 1 is 1.17 bits per heavy atom. The van der Waals surface area contributed by atoms with Crippen LogP contribution in [0.2, 0.25) is 0 Å². The second-order valence-electron chi connectivity index (χ2n) is 3.60. The van der Waals surface area contributed by atoms with Crippen LogP contribution in [0.1, 0.15) is 39.5 Å². The molecule has 1 aliphatic carbocycles. The minimum atomic E-state index is -0.889. The maximum absolute atomic E-state index is 8.98. The van der Waals surface area contributed by atoms with E-state index in [4.69, 9.17) is 4.79 Å². The van der Waals surface area contributed by atoms with Gasteiger partial charge in [-0.25, -0.2) is 0 Å². The maximum Gasteiger partial charge on any atom is 0.313 e. The van der Waals surface area contributed by atoms with Gasteiger partial charge in [-0.05, 0) is 41.5 Å². The highest BCUT2D eigenvalue weighted by Crippen LogP contribution is 2.27. The second-order valence-corrected chi connectivity index (χ2v) is 4.48. The zero-order valence-electron chi connectivity index (χ0n) is 7.65. The van der Waals surface area contributed by atoms with Crippen molar-refractivity contribution in [3.8, 4) is 0 Å². The Bertz CT molecular complexity index is 124. The van der Waals surface area contributed by atoms with E-state index < -0.39 is 4.70 Å². The molecule has 0 amide bonds. The van der Waals surface area contributed by atoms with Crippen LogP contribution in [0.15, 0.2) is 0 Å². The van der Waals surface area contributed by atoms with Crippen LogP contribution in [0.5, 0.6) is 0 Å². The standard InChI is InChI=1S/C8H16.CCl2O/c1-7-4-3-5-8(2)6-7;2-1(3)4/h7-8H,3-6H2,1-2H3;. The minimum Gasteiger partial charge on any atom is -0.262 e. The molecule has 1 fully saturated rings. The predicted octanol–water partition coefficient (Wildman–Crippen LogP) is 4.42. The summed E-state index contributed by atoms with van der Waals surface area (Å²) in [5.41, 5.74) is 0. The average molecular weight is 211 g/mol. The van der Waals surface area contributed by atoms with E-state index in [9.17, 15) is 0 Å². The topological polar surface area (TPSA) is 17.1 Å². The van der Waals surface area contributed by atoms with E-state index in [1.165, 1.54) is 25.7 Å². The summed E-state index contributed by atoms with van der Waals surface area (Å²) in [6.45, 7) is 4.74. The van der Waals surface area contributed by atoms with Crippen molar-refractivity contribution in [3.05, 3.63) is 0 Å². The van der Waals surface area contributed by atoms with Crippen molar-refractivity contribution < 1.29 is 4.79 Å². The fourth-order valence-electron chi connectivity index (χ4n) is 1.74. The highest BCUT2D eigenvalue weighted by molar-refractivity contribution is 6.93. The molecule has 0 bridgehead atoms. The fourth-order valence-corrected chi connectivity index (χ4v) is 1.74. The summed E-state index contributed by atoms with van der Waals surface area (Å²) in [5.74, 6) is 2.03. The van der Waals surface area contributed by atoms with E-state index in [0.717, 1.165) is 11.8 Å². The molecule has 3 heteroatoms. The molecule has 0 radical (unpaired) electrons. The summed E-state index contributed by atoms with van der Waals surface area (Å²) >= 11 is 8.80. The molecular weight excluding hydrogens is 195 g/mol. The molecule has 0 saturated heterocycles. The van der Waals surface area contributed by atoms with Crippen LogP contribution in [0.3, 0.4) is 0 Å². The van der Waals surface area contributed by atoms with Gasteiger partial charge in [0.2, 0.25) is 0 Å². The largest absolute Gasteiger partial charge is 0.313 e. The molecule has 0 N–H and O–H groups in total. The first-order chi connectivity index (χ1) is 5.52. The van der Waals surface area contributed by atoms with Crippen molar-refractivity contribution in [2.75, 3.05) is 0 Å². The Morgan fingerprint density at radius 3 is 1.67 bits per heavy atom. The van der Waals surface area contributed by atoms with Crippen LogP contribution >= 0.6 is 23.2 Å². The summed E-state index contributed by atoms with van der Waals surface area (Å²) in [6, 6.07) is 0. The molecule has 0 heterocycles. The minimum absolute atomic E-state index is 0.889. The van der Waals surface area contributed by atoms with Gasteiger partial charge < -0.3 is 0 Å². The number of carbonyl (C=O) groups is 1. The van der Waals surface area contributed by atoms with Crippen LogP contribution in [0.4, 0.5) is 4.79 Å². The van der Waals surface area contributed by atoms with Gasteiger partial charge in [0.15, 0.2) is 0 Å². The van der Waals surface area contributed by atoms with E-state index in [0.29, 0.717) is 0 Å². The van der Waals surface area contributed by atoms with Gasteiger partial charge in [0.1, 0.15) is 0 Å². The van der Waals surface area contributed by atoms with Gasteiger partial charge >= 0.3 is 4.70 Å². The predicted molar refractivity (Wildman–Crippen MR) is 53.9 cm³/mol. The van der Waals surface area contributed by atoms with E-state index in [1.54, 1.807) is 0 Å². The SMILES string of the molecule is CC1CCCC(C)C1.O=C(Cl)Cl. The Balaban J connectivity index is 0.000000261. The molecular formula is C9H16Cl2O. The monoisotopic (exact) mass is 210 g/mol. The van der Waals surface area contributed by atoms with Gasteiger partial charge in [0, 0.05) is 0 Å². The number of halogens is 2. The molecule has 72 valence electrons. The highest BCUT2D eigenvalue weighted by atomic mass is 35.5. The Kier molecular flexibility index (Phi) is 6.87. The van der Waals surface area contributed by atoms with Gasteiger partial charge in [0.25, 0.3) is 0 Å². The molecule has 1 rings (SSSR count). The normalized spacial score (nSPS) is 28.7. The van der Waals surface area contributed by atoms with Crippen molar-refractivity contribution in [1.29, 1.82) is 0 Å². The van der Waals surface area contributed by atoms with Gasteiger partial charge in [0.05, 0.1) is 0 Å². The molecule has 0 aromatic carbocycles. The Labute approximate surface area is 84.4 Å². The molecule has 2 unspecified atom stereocenters. The number of hydrogen-bond acceptors (Lipinski definition) is 1. The molecule has 1 nitrogen and oxygen atoms in total. The van der Waals surface area contributed by atoms with Crippen molar-refractivity contribution in [1.82, 2.24) is 0 Å². The molecule has 0 spiro atoms. The lowest BCUT2D eigenvalue weighted by Gasteiger charge is -2.22. The van der Waals surface area contributed by atoms with Crippen molar-refractivity contribution in [2.24, 2.45) is 11.8 Å². The first-order valence-electron chi connectivity index (χ1n) is 4.37. The summed E-state index contributed by atoms with van der Waals surface area (Å²) in [7, 11) is 0. The first-order valence-corrected chi connectivity index (χ1v) is 5.13. The quantitative estimate of drug-likeness (QED) is 0.542. The van der Waals surface area contributed by atoms with Crippen LogP contribution in [0.25, 0.3) is 0 Å². The van der Waals surface area contributed by atoms with Gasteiger partial charge in [-0.1, -0.05) is 33.1 Å². The Hall–Kier alpha value is 0.250. The third-order valence-corrected chi connectivity index (χ3v) is 2.20. The van der Waals surface area contributed by atoms with Crippen LogP contribution in [0, 0.1) is 11.8 Å². The molecule has 12 heavy (non-hydrogen) atoms. The van der Waals surface area contributed by atoms with Crippen molar-refractivity contribution >= 4 is 27.9 Å². The van der Waals surface area contributed by atoms with E-state index >= 15 is 0 Å². The highest BCUT2D eigenvalue weighted by Gasteiger charge is 2.13. The van der Waals surface area contributed by atoms with Crippen molar-refractivity contribution in [3.63, 3.8) is 0 Å². The van der Waals surface area contributed by atoms with E-state index in [-0.39, 0.29) is 0 Å². The first kappa shape index (κ1) is 12.2. The van der Waals surface area contributed by atoms with Crippen LogP contribution < -0.4 is 0 Å². The fraction of sp³-hybridized carbons (Fsp3) is 0.889. The lowest BCUT2D eigenvalue weighted by molar-refractivity contribution is 0.275. The molecule has 1 aliphatic rings. The smallest absolute Gasteiger partial charge is 0.262 e. The number of hydrogen-bond donors (Lipinski definition) is 0. The summed E-state index contributed by atoms with van der Waals surface area (Å²) in [4.78, 5) is 8.98. The molecule has 0 aromatic rings. The summed E-state index contributed by atoms with van der Waals surface area (Å²) in [6.07, 6.45) is 5.90. The molecule has 0 aliphatic heterocycles. The summed E-state index contributed by atoms with van der Waals surface area (Å²) < 4.78 is -0.889. The lowest BCUT2D eigenvalue weighted by atomic mass is 9.84. The zero-order chi connectivity index (χ0) is 9.56. The number of rotatable bonds is 0. The van der Waals surface area contributed by atoms with Gasteiger partial charge in [-0.15, -0.1) is 0 Å². The summed E-state index contributed by atoms with van der Waals surface area (Å²) in [5, 5.41) is 0. The third kappa shape index (κ3) is 8.35. The second kappa shape index (κ2) is 6.73. The molecule has 2 atom stereocenters. The van der Waals surface area contributed by atoms with Crippen molar-refractivity contribution in [2.45, 2.75) is 39.5 Å². The lowest BCUT2D eigenvalue weighted by Crippen LogP contribution is -2.09.